The molecule has 0 bridgehead atoms. The lowest BCUT2D eigenvalue weighted by Crippen LogP contribution is -2.34. The Bertz CT molecular complexity index is 458. The lowest BCUT2D eigenvalue weighted by atomic mass is 10.1. The Hall–Kier alpha value is -2.04. The highest BCUT2D eigenvalue weighted by atomic mass is 16.5. The zero-order valence-electron chi connectivity index (χ0n) is 11.6. The van der Waals surface area contributed by atoms with E-state index in [1.807, 2.05) is 25.1 Å². The first-order valence-electron chi connectivity index (χ1n) is 6.17. The molecule has 2 N–H and O–H groups in total. The molecule has 5 heteroatoms. The van der Waals surface area contributed by atoms with Gasteiger partial charge in [-0.15, -0.1) is 0 Å². The van der Waals surface area contributed by atoms with Crippen LogP contribution in [0.3, 0.4) is 0 Å². The van der Waals surface area contributed by atoms with E-state index in [0.29, 0.717) is 18.8 Å². The molecular formula is C14H20N2O3. The van der Waals surface area contributed by atoms with Gasteiger partial charge >= 0.3 is 0 Å². The number of amides is 2. The van der Waals surface area contributed by atoms with Gasteiger partial charge < -0.3 is 15.4 Å². The van der Waals surface area contributed by atoms with Crippen LogP contribution in [0.1, 0.15) is 18.1 Å². The van der Waals surface area contributed by atoms with Crippen LogP contribution in [0.4, 0.5) is 0 Å². The highest BCUT2D eigenvalue weighted by Crippen LogP contribution is 2.19. The monoisotopic (exact) mass is 264 g/mol. The molecule has 0 aliphatic carbocycles. The molecule has 2 amide bonds. The maximum atomic E-state index is 11.8. The van der Waals surface area contributed by atoms with Crippen molar-refractivity contribution in [3.05, 3.63) is 29.3 Å². The molecule has 0 spiro atoms. The van der Waals surface area contributed by atoms with Gasteiger partial charge in [0.1, 0.15) is 5.75 Å². The average molecular weight is 264 g/mol. The van der Waals surface area contributed by atoms with Crippen molar-refractivity contribution in [3.63, 3.8) is 0 Å². The van der Waals surface area contributed by atoms with E-state index in [-0.39, 0.29) is 18.2 Å². The van der Waals surface area contributed by atoms with E-state index < -0.39 is 0 Å². The minimum Gasteiger partial charge on any atom is -0.496 e. The Morgan fingerprint density at radius 1 is 1.21 bits per heavy atom. The van der Waals surface area contributed by atoms with E-state index in [1.165, 1.54) is 6.92 Å². The number of nitrogens with one attached hydrogen (secondary N) is 2. The highest BCUT2D eigenvalue weighted by molar-refractivity contribution is 5.79. The summed E-state index contributed by atoms with van der Waals surface area (Å²) in [5.74, 6) is 0.520. The van der Waals surface area contributed by atoms with Gasteiger partial charge in [0.05, 0.1) is 13.5 Å². The summed E-state index contributed by atoms with van der Waals surface area (Å²) in [7, 11) is 1.59. The minimum absolute atomic E-state index is 0.0887. The van der Waals surface area contributed by atoms with Gasteiger partial charge in [0.25, 0.3) is 0 Å². The Kier molecular flexibility index (Phi) is 5.85. The Labute approximate surface area is 113 Å². The number of carbonyl (C=O) groups excluding carboxylic acids is 2. The molecule has 0 heterocycles. The molecule has 0 unspecified atom stereocenters. The van der Waals surface area contributed by atoms with E-state index in [4.69, 9.17) is 4.74 Å². The molecule has 1 aromatic carbocycles. The number of ether oxygens (including phenoxy) is 1. The Morgan fingerprint density at radius 3 is 2.53 bits per heavy atom. The minimum atomic E-state index is -0.102. The molecule has 0 fully saturated rings. The predicted molar refractivity (Wildman–Crippen MR) is 73.1 cm³/mol. The number of aryl methyl sites for hydroxylation is 1. The van der Waals surface area contributed by atoms with Crippen molar-refractivity contribution in [2.24, 2.45) is 0 Å². The largest absolute Gasteiger partial charge is 0.496 e. The number of hydrogen-bond donors (Lipinski definition) is 2. The summed E-state index contributed by atoms with van der Waals surface area (Å²) in [6, 6.07) is 5.73. The van der Waals surface area contributed by atoms with Crippen LogP contribution in [0, 0.1) is 6.92 Å². The van der Waals surface area contributed by atoms with Crippen LogP contribution in [-0.2, 0) is 16.0 Å². The molecule has 0 aliphatic heterocycles. The third-order valence-electron chi connectivity index (χ3n) is 2.61. The smallest absolute Gasteiger partial charge is 0.224 e. The first kappa shape index (κ1) is 15.0. The van der Waals surface area contributed by atoms with E-state index in [0.717, 1.165) is 11.1 Å². The molecule has 5 nitrogen and oxygen atoms in total. The lowest BCUT2D eigenvalue weighted by molar-refractivity contribution is -0.121. The van der Waals surface area contributed by atoms with E-state index in [9.17, 15) is 9.59 Å². The second-order valence-corrected chi connectivity index (χ2v) is 4.32. The van der Waals surface area contributed by atoms with Gasteiger partial charge in [-0.2, -0.15) is 0 Å². The first-order chi connectivity index (χ1) is 9.02. The van der Waals surface area contributed by atoms with Crippen molar-refractivity contribution in [1.82, 2.24) is 10.6 Å². The standard InChI is InChI=1S/C14H20N2O3/c1-10-4-5-13(19-3)12(8-10)9-14(18)16-7-6-15-11(2)17/h4-5,8H,6-7,9H2,1-3H3,(H,15,17)(H,16,18). The summed E-state index contributed by atoms with van der Waals surface area (Å²) in [6.45, 7) is 4.27. The van der Waals surface area contributed by atoms with Gasteiger partial charge in [-0.25, -0.2) is 0 Å². The van der Waals surface area contributed by atoms with Crippen LogP contribution in [0.25, 0.3) is 0 Å². The number of methoxy groups -OCH3 is 1. The van der Waals surface area contributed by atoms with Gasteiger partial charge in [-0.3, -0.25) is 9.59 Å². The fraction of sp³-hybridized carbons (Fsp3) is 0.429. The summed E-state index contributed by atoms with van der Waals surface area (Å²) < 4.78 is 5.22. The van der Waals surface area contributed by atoms with Crippen molar-refractivity contribution in [2.45, 2.75) is 20.3 Å². The first-order valence-corrected chi connectivity index (χ1v) is 6.17. The van der Waals surface area contributed by atoms with Crippen LogP contribution >= 0.6 is 0 Å². The zero-order valence-corrected chi connectivity index (χ0v) is 11.6. The second-order valence-electron chi connectivity index (χ2n) is 4.32. The maximum absolute atomic E-state index is 11.8. The maximum Gasteiger partial charge on any atom is 0.224 e. The van der Waals surface area contributed by atoms with E-state index in [2.05, 4.69) is 10.6 Å². The molecular weight excluding hydrogens is 244 g/mol. The van der Waals surface area contributed by atoms with Gasteiger partial charge in [0.15, 0.2) is 0 Å². The number of carbonyl (C=O) groups is 2. The van der Waals surface area contributed by atoms with Crippen molar-refractivity contribution >= 4 is 11.8 Å². The third-order valence-corrected chi connectivity index (χ3v) is 2.61. The van der Waals surface area contributed by atoms with Gasteiger partial charge in [0.2, 0.25) is 11.8 Å². The molecule has 1 aromatic rings. The summed E-state index contributed by atoms with van der Waals surface area (Å²) in [5, 5.41) is 5.37. The molecule has 0 radical (unpaired) electrons. The van der Waals surface area contributed by atoms with Crippen molar-refractivity contribution in [1.29, 1.82) is 0 Å². The van der Waals surface area contributed by atoms with Gasteiger partial charge in [-0.1, -0.05) is 17.7 Å². The fourth-order valence-corrected chi connectivity index (χ4v) is 1.72. The second kappa shape index (κ2) is 7.41. The molecule has 1 rings (SSSR count). The van der Waals surface area contributed by atoms with Crippen molar-refractivity contribution in [2.75, 3.05) is 20.2 Å². The van der Waals surface area contributed by atoms with Crippen molar-refractivity contribution < 1.29 is 14.3 Å². The summed E-state index contributed by atoms with van der Waals surface area (Å²) >= 11 is 0. The average Bonchev–Trinajstić information content (AvgIpc) is 2.35. The third kappa shape index (κ3) is 5.42. The molecule has 0 aromatic heterocycles. The Balaban J connectivity index is 2.47. The molecule has 0 saturated heterocycles. The topological polar surface area (TPSA) is 67.4 Å². The van der Waals surface area contributed by atoms with E-state index >= 15 is 0 Å². The van der Waals surface area contributed by atoms with Crippen LogP contribution in [0.2, 0.25) is 0 Å². The molecule has 0 atom stereocenters. The van der Waals surface area contributed by atoms with Crippen molar-refractivity contribution in [3.8, 4) is 5.75 Å². The highest BCUT2D eigenvalue weighted by Gasteiger charge is 2.08. The fourth-order valence-electron chi connectivity index (χ4n) is 1.72. The zero-order chi connectivity index (χ0) is 14.3. The molecule has 104 valence electrons. The Morgan fingerprint density at radius 2 is 1.89 bits per heavy atom. The summed E-state index contributed by atoms with van der Waals surface area (Å²) in [5.41, 5.74) is 1.95. The predicted octanol–water partition coefficient (Wildman–Crippen LogP) is 0.798. The van der Waals surface area contributed by atoms with Gasteiger partial charge in [-0.05, 0) is 13.0 Å². The van der Waals surface area contributed by atoms with Crippen LogP contribution in [-0.4, -0.2) is 32.0 Å². The quantitative estimate of drug-likeness (QED) is 0.747. The van der Waals surface area contributed by atoms with Crippen LogP contribution in [0.5, 0.6) is 5.75 Å². The number of hydrogen-bond acceptors (Lipinski definition) is 3. The summed E-state index contributed by atoms with van der Waals surface area (Å²) in [6.07, 6.45) is 0.269. The molecule has 19 heavy (non-hydrogen) atoms. The SMILES string of the molecule is COc1ccc(C)cc1CC(=O)NCCNC(C)=O. The van der Waals surface area contributed by atoms with Crippen LogP contribution < -0.4 is 15.4 Å². The molecule has 0 saturated carbocycles. The lowest BCUT2D eigenvalue weighted by Gasteiger charge is -2.10. The van der Waals surface area contributed by atoms with E-state index in [1.54, 1.807) is 7.11 Å². The van der Waals surface area contributed by atoms with Crippen LogP contribution in [0.15, 0.2) is 18.2 Å². The number of benzene rings is 1. The molecule has 0 aliphatic rings. The normalized spacial score (nSPS) is 9.84. The summed E-state index contributed by atoms with van der Waals surface area (Å²) in [4.78, 5) is 22.4. The van der Waals surface area contributed by atoms with Gasteiger partial charge in [0, 0.05) is 25.6 Å². The number of rotatable bonds is 6.